The quantitative estimate of drug-likeness (QED) is 0.779. The lowest BCUT2D eigenvalue weighted by Gasteiger charge is -2.17. The Labute approximate surface area is 109 Å². The van der Waals surface area contributed by atoms with E-state index >= 15 is 0 Å². The molecular formula is C14H24N2O2. The Hall–Kier alpha value is -1.06. The summed E-state index contributed by atoms with van der Waals surface area (Å²) in [6.45, 7) is 5.58. The molecule has 1 atom stereocenters. The Bertz CT molecular complexity index is 322. The highest BCUT2D eigenvalue weighted by atomic mass is 16.2. The van der Waals surface area contributed by atoms with Crippen molar-refractivity contribution in [1.29, 1.82) is 0 Å². The standard InChI is InChI=1S/C14H24N2O2/c1-3-11(4-2)14(18)15-8-10-7-13(17)16(9-10)12-5-6-12/h10-12H,3-9H2,1-2H3,(H,15,18). The number of hydrogen-bond donors (Lipinski definition) is 1. The molecule has 1 heterocycles. The first-order valence-electron chi connectivity index (χ1n) is 7.22. The van der Waals surface area contributed by atoms with E-state index < -0.39 is 0 Å². The highest BCUT2D eigenvalue weighted by Crippen LogP contribution is 2.32. The average molecular weight is 252 g/mol. The van der Waals surface area contributed by atoms with Crippen LogP contribution >= 0.6 is 0 Å². The summed E-state index contributed by atoms with van der Waals surface area (Å²) in [5, 5.41) is 3.01. The molecule has 2 rings (SSSR count). The van der Waals surface area contributed by atoms with Gasteiger partial charge in [0.05, 0.1) is 0 Å². The molecular weight excluding hydrogens is 228 g/mol. The molecule has 0 aromatic rings. The molecule has 18 heavy (non-hydrogen) atoms. The van der Waals surface area contributed by atoms with Crippen LogP contribution in [0.1, 0.15) is 46.0 Å². The number of nitrogens with zero attached hydrogens (tertiary/aromatic N) is 1. The molecule has 0 spiro atoms. The second kappa shape index (κ2) is 5.72. The van der Waals surface area contributed by atoms with Crippen LogP contribution in [-0.4, -0.2) is 35.8 Å². The van der Waals surface area contributed by atoms with Crippen molar-refractivity contribution in [3.63, 3.8) is 0 Å². The van der Waals surface area contributed by atoms with E-state index in [1.165, 1.54) is 12.8 Å². The van der Waals surface area contributed by atoms with Crippen molar-refractivity contribution >= 4 is 11.8 Å². The van der Waals surface area contributed by atoms with Crippen LogP contribution in [0.15, 0.2) is 0 Å². The Morgan fingerprint density at radius 2 is 2.06 bits per heavy atom. The van der Waals surface area contributed by atoms with Gasteiger partial charge in [-0.1, -0.05) is 13.8 Å². The maximum Gasteiger partial charge on any atom is 0.223 e. The average Bonchev–Trinajstić information content (AvgIpc) is 3.12. The zero-order valence-corrected chi connectivity index (χ0v) is 11.4. The third-order valence-corrected chi connectivity index (χ3v) is 4.15. The van der Waals surface area contributed by atoms with Gasteiger partial charge in [0.15, 0.2) is 0 Å². The molecule has 1 aliphatic carbocycles. The summed E-state index contributed by atoms with van der Waals surface area (Å²) in [7, 11) is 0. The van der Waals surface area contributed by atoms with Crippen LogP contribution < -0.4 is 5.32 Å². The highest BCUT2D eigenvalue weighted by Gasteiger charge is 2.39. The minimum absolute atomic E-state index is 0.127. The van der Waals surface area contributed by atoms with Crippen LogP contribution in [0.3, 0.4) is 0 Å². The van der Waals surface area contributed by atoms with E-state index in [0.29, 0.717) is 24.9 Å². The van der Waals surface area contributed by atoms with E-state index in [4.69, 9.17) is 0 Å². The van der Waals surface area contributed by atoms with Crippen molar-refractivity contribution in [1.82, 2.24) is 10.2 Å². The van der Waals surface area contributed by atoms with Gasteiger partial charge in [-0.25, -0.2) is 0 Å². The summed E-state index contributed by atoms with van der Waals surface area (Å²) in [5.41, 5.74) is 0. The van der Waals surface area contributed by atoms with Gasteiger partial charge < -0.3 is 10.2 Å². The van der Waals surface area contributed by atoms with Gasteiger partial charge in [-0.15, -0.1) is 0 Å². The van der Waals surface area contributed by atoms with Crippen molar-refractivity contribution in [2.75, 3.05) is 13.1 Å². The fourth-order valence-electron chi connectivity index (χ4n) is 2.73. The summed E-state index contributed by atoms with van der Waals surface area (Å²) in [6.07, 6.45) is 4.72. The smallest absolute Gasteiger partial charge is 0.223 e. The molecule has 102 valence electrons. The lowest BCUT2D eigenvalue weighted by Crippen LogP contribution is -2.35. The molecule has 4 nitrogen and oxygen atoms in total. The number of carbonyl (C=O) groups is 2. The molecule has 2 fully saturated rings. The van der Waals surface area contributed by atoms with E-state index in [9.17, 15) is 9.59 Å². The molecule has 1 saturated carbocycles. The highest BCUT2D eigenvalue weighted by molar-refractivity contribution is 5.80. The van der Waals surface area contributed by atoms with Gasteiger partial charge in [-0.3, -0.25) is 9.59 Å². The van der Waals surface area contributed by atoms with E-state index in [-0.39, 0.29) is 17.7 Å². The van der Waals surface area contributed by atoms with Gasteiger partial charge in [0.2, 0.25) is 11.8 Å². The van der Waals surface area contributed by atoms with Crippen molar-refractivity contribution in [2.24, 2.45) is 11.8 Å². The van der Waals surface area contributed by atoms with Crippen LogP contribution in [0.25, 0.3) is 0 Å². The van der Waals surface area contributed by atoms with E-state index in [2.05, 4.69) is 5.32 Å². The van der Waals surface area contributed by atoms with Crippen molar-refractivity contribution in [3.05, 3.63) is 0 Å². The number of hydrogen-bond acceptors (Lipinski definition) is 2. The number of carbonyl (C=O) groups excluding carboxylic acids is 2. The van der Waals surface area contributed by atoms with Crippen LogP contribution in [0.4, 0.5) is 0 Å². The van der Waals surface area contributed by atoms with Crippen LogP contribution in [-0.2, 0) is 9.59 Å². The summed E-state index contributed by atoms with van der Waals surface area (Å²) in [5.74, 6) is 0.870. The van der Waals surface area contributed by atoms with Crippen molar-refractivity contribution < 1.29 is 9.59 Å². The van der Waals surface area contributed by atoms with Gasteiger partial charge in [-0.05, 0) is 25.7 Å². The predicted octanol–water partition coefficient (Wildman–Crippen LogP) is 1.55. The zero-order valence-electron chi connectivity index (χ0n) is 11.4. The number of nitrogens with one attached hydrogen (secondary N) is 1. The Balaban J connectivity index is 1.74. The molecule has 0 aromatic carbocycles. The molecule has 4 heteroatoms. The summed E-state index contributed by atoms with van der Waals surface area (Å²) < 4.78 is 0. The summed E-state index contributed by atoms with van der Waals surface area (Å²) in [6, 6.07) is 0.511. The number of amides is 2. The van der Waals surface area contributed by atoms with Crippen LogP contribution in [0.2, 0.25) is 0 Å². The number of rotatable bonds is 6. The lowest BCUT2D eigenvalue weighted by atomic mass is 10.0. The molecule has 1 unspecified atom stereocenters. The molecule has 1 aliphatic heterocycles. The SMILES string of the molecule is CCC(CC)C(=O)NCC1CC(=O)N(C2CC2)C1. The van der Waals surface area contributed by atoms with E-state index in [1.807, 2.05) is 18.7 Å². The second-order valence-corrected chi connectivity index (χ2v) is 5.61. The largest absolute Gasteiger partial charge is 0.356 e. The zero-order chi connectivity index (χ0) is 13.1. The molecule has 0 bridgehead atoms. The molecule has 0 aromatic heterocycles. The molecule has 1 N–H and O–H groups in total. The third kappa shape index (κ3) is 3.03. The minimum Gasteiger partial charge on any atom is -0.356 e. The topological polar surface area (TPSA) is 49.4 Å². The predicted molar refractivity (Wildman–Crippen MR) is 69.9 cm³/mol. The van der Waals surface area contributed by atoms with Gasteiger partial charge in [-0.2, -0.15) is 0 Å². The van der Waals surface area contributed by atoms with E-state index in [1.54, 1.807) is 0 Å². The minimum atomic E-state index is 0.127. The maximum atomic E-state index is 11.9. The van der Waals surface area contributed by atoms with Crippen molar-refractivity contribution in [2.45, 2.75) is 52.0 Å². The van der Waals surface area contributed by atoms with Crippen LogP contribution in [0.5, 0.6) is 0 Å². The Morgan fingerprint density at radius 3 is 2.61 bits per heavy atom. The summed E-state index contributed by atoms with van der Waals surface area (Å²) >= 11 is 0. The molecule has 2 aliphatic rings. The van der Waals surface area contributed by atoms with E-state index in [0.717, 1.165) is 19.4 Å². The molecule has 1 saturated heterocycles. The fraction of sp³-hybridized carbons (Fsp3) is 0.857. The second-order valence-electron chi connectivity index (χ2n) is 5.61. The molecule has 0 radical (unpaired) electrons. The first-order chi connectivity index (χ1) is 8.65. The maximum absolute atomic E-state index is 11.9. The van der Waals surface area contributed by atoms with Crippen LogP contribution in [0, 0.1) is 11.8 Å². The fourth-order valence-corrected chi connectivity index (χ4v) is 2.73. The van der Waals surface area contributed by atoms with Crippen molar-refractivity contribution in [3.8, 4) is 0 Å². The monoisotopic (exact) mass is 252 g/mol. The van der Waals surface area contributed by atoms with Gasteiger partial charge >= 0.3 is 0 Å². The normalized spacial score (nSPS) is 23.8. The Morgan fingerprint density at radius 1 is 1.39 bits per heavy atom. The Kier molecular flexibility index (Phi) is 4.25. The first-order valence-corrected chi connectivity index (χ1v) is 7.22. The van der Waals surface area contributed by atoms with Gasteiger partial charge in [0.1, 0.15) is 0 Å². The number of likely N-dealkylation sites (tertiary alicyclic amines) is 1. The molecule has 2 amide bonds. The van der Waals surface area contributed by atoms with Gasteiger partial charge in [0, 0.05) is 37.4 Å². The lowest BCUT2D eigenvalue weighted by molar-refractivity contribution is -0.128. The summed E-state index contributed by atoms with van der Waals surface area (Å²) in [4.78, 5) is 25.6. The third-order valence-electron chi connectivity index (χ3n) is 4.15. The van der Waals surface area contributed by atoms with Gasteiger partial charge in [0.25, 0.3) is 0 Å². The first kappa shape index (κ1) is 13.4.